The number of unbranched alkanes of at least 4 members (excludes halogenated alkanes) is 7. The van der Waals surface area contributed by atoms with Crippen LogP contribution in [0.3, 0.4) is 0 Å². The molecule has 1 radical (unpaired) electrons. The first-order valence-electron chi connectivity index (χ1n) is 14.0. The van der Waals surface area contributed by atoms with Crippen molar-refractivity contribution in [2.45, 2.75) is 138 Å². The van der Waals surface area contributed by atoms with E-state index < -0.39 is 0 Å². The van der Waals surface area contributed by atoms with Crippen LogP contribution in [0.15, 0.2) is 0 Å². The smallest absolute Gasteiger partial charge is 0.854 e. The van der Waals surface area contributed by atoms with Crippen molar-refractivity contribution < 1.29 is 76.9 Å². The molecule has 0 aliphatic rings. The zero-order valence-electron chi connectivity index (χ0n) is 25.6. The van der Waals surface area contributed by atoms with Crippen molar-refractivity contribution in [1.82, 2.24) is 0 Å². The first-order chi connectivity index (χ1) is 16.9. The van der Waals surface area contributed by atoms with Crippen LogP contribution in [0.25, 0.3) is 0 Å². The van der Waals surface area contributed by atoms with Gasteiger partial charge in [-0.05, 0) is 0 Å². The van der Waals surface area contributed by atoms with E-state index in [9.17, 15) is 35.7 Å². The molecule has 37 heavy (non-hydrogen) atoms. The molecule has 0 bridgehead atoms. The second-order valence-electron chi connectivity index (χ2n) is 7.40. The quantitative estimate of drug-likeness (QED) is 0.251. The maximum atomic E-state index is 9.53. The number of hydrogen-bond donors (Lipinski definition) is 0. The fourth-order valence-electron chi connectivity index (χ4n) is 1.01. The van der Waals surface area contributed by atoms with Crippen molar-refractivity contribution in [3.8, 4) is 0 Å². The molecule has 0 spiro atoms. The van der Waals surface area contributed by atoms with Crippen LogP contribution in [0.5, 0.6) is 0 Å². The van der Waals surface area contributed by atoms with Gasteiger partial charge in [0.1, 0.15) is 0 Å². The third-order valence-electron chi connectivity index (χ3n) is 3.49. The molecular weight excluding hydrogens is 597 g/mol. The predicted octanol–water partition coefficient (Wildman–Crippen LogP) is 1.02. The Bertz CT molecular complexity index is 150. The van der Waals surface area contributed by atoms with E-state index in [2.05, 4.69) is 0 Å². The van der Waals surface area contributed by atoms with E-state index in [4.69, 9.17) is 0 Å². The topological polar surface area (TPSA) is 161 Å². The van der Waals surface area contributed by atoms with Gasteiger partial charge in [0.15, 0.2) is 0 Å². The molecule has 0 aromatic carbocycles. The molecule has 0 aliphatic heterocycles. The standard InChI is InChI=1S/7C4H9O.Ru.Ti/c7*1-2-3-4-5;;/h7*2-4H2,1H3;;/q7*-1;+3;+4. The summed E-state index contributed by atoms with van der Waals surface area (Å²) in [5.41, 5.74) is 0. The molecule has 0 aliphatic carbocycles. The monoisotopic (exact) mass is 661 g/mol. The summed E-state index contributed by atoms with van der Waals surface area (Å²) in [6.45, 7) is 14.7. The van der Waals surface area contributed by atoms with Crippen LogP contribution >= 0.6 is 0 Å². The minimum Gasteiger partial charge on any atom is -0.854 e. The molecule has 0 fully saturated rings. The van der Waals surface area contributed by atoms with E-state index >= 15 is 0 Å². The fraction of sp³-hybridized carbons (Fsp3) is 1.00. The van der Waals surface area contributed by atoms with Gasteiger partial charge in [-0.25, -0.2) is 0 Å². The summed E-state index contributed by atoms with van der Waals surface area (Å²) in [6, 6.07) is 0. The molecule has 0 atom stereocenters. The second kappa shape index (κ2) is 99.0. The van der Waals surface area contributed by atoms with Gasteiger partial charge in [0.2, 0.25) is 0 Å². The molecule has 0 saturated heterocycles. The van der Waals surface area contributed by atoms with Crippen LogP contribution in [-0.4, -0.2) is 46.2 Å². The maximum absolute atomic E-state index is 9.53. The molecule has 0 aromatic rings. The first kappa shape index (κ1) is 61.9. The molecular formula is C28H63O7RuTi. The van der Waals surface area contributed by atoms with Gasteiger partial charge in [-0.3, -0.25) is 0 Å². The normalized spacial score (nSPS) is 7.95. The van der Waals surface area contributed by atoms with Gasteiger partial charge < -0.3 is 35.7 Å². The van der Waals surface area contributed by atoms with Gasteiger partial charge in [-0.15, -0.1) is 46.2 Å². The Kier molecular flexibility index (Phi) is 166. The Labute approximate surface area is 260 Å². The van der Waals surface area contributed by atoms with Crippen molar-refractivity contribution >= 4 is 0 Å². The maximum Gasteiger partial charge on any atom is 4.00 e. The van der Waals surface area contributed by atoms with Crippen LogP contribution in [-0.2, 0) is 41.2 Å². The zero-order valence-corrected chi connectivity index (χ0v) is 28.9. The molecule has 0 unspecified atom stereocenters. The molecule has 0 aromatic heterocycles. The van der Waals surface area contributed by atoms with Gasteiger partial charge in [-0.2, -0.15) is 0 Å². The summed E-state index contributed by atoms with van der Waals surface area (Å²) >= 11 is 0. The van der Waals surface area contributed by atoms with Crippen molar-refractivity contribution in [3.63, 3.8) is 0 Å². The third-order valence-corrected chi connectivity index (χ3v) is 3.49. The van der Waals surface area contributed by atoms with Crippen molar-refractivity contribution in [1.29, 1.82) is 0 Å². The molecule has 0 rings (SSSR count). The van der Waals surface area contributed by atoms with Gasteiger partial charge >= 0.3 is 41.2 Å². The van der Waals surface area contributed by atoms with E-state index in [1.165, 1.54) is 0 Å². The van der Waals surface area contributed by atoms with E-state index in [0.717, 1.165) is 89.9 Å². The van der Waals surface area contributed by atoms with Crippen molar-refractivity contribution in [3.05, 3.63) is 0 Å². The van der Waals surface area contributed by atoms with Crippen LogP contribution in [0.1, 0.15) is 138 Å². The van der Waals surface area contributed by atoms with Crippen molar-refractivity contribution in [2.75, 3.05) is 46.2 Å². The van der Waals surface area contributed by atoms with E-state index in [0.29, 0.717) is 0 Å². The molecule has 229 valence electrons. The third kappa shape index (κ3) is 201. The Balaban J connectivity index is -0.0000000350. The zero-order chi connectivity index (χ0) is 28.8. The molecule has 0 saturated carbocycles. The second-order valence-corrected chi connectivity index (χ2v) is 7.40. The van der Waals surface area contributed by atoms with Gasteiger partial charge in [0, 0.05) is 0 Å². The first-order valence-corrected chi connectivity index (χ1v) is 14.0. The average Bonchev–Trinajstić information content (AvgIpc) is 2.85. The number of hydrogen-bond acceptors (Lipinski definition) is 7. The van der Waals surface area contributed by atoms with Crippen LogP contribution in [0, 0.1) is 0 Å². The van der Waals surface area contributed by atoms with Gasteiger partial charge in [0.25, 0.3) is 0 Å². The summed E-state index contributed by atoms with van der Waals surface area (Å²) in [6.07, 6.45) is 13.1. The Morgan fingerprint density at radius 2 is 0.351 bits per heavy atom. The van der Waals surface area contributed by atoms with Crippen LogP contribution in [0.2, 0.25) is 0 Å². The minimum absolute atomic E-state index is 0. The summed E-state index contributed by atoms with van der Waals surface area (Å²) in [5, 5.41) is 66.7. The van der Waals surface area contributed by atoms with Gasteiger partial charge in [-0.1, -0.05) is 138 Å². The largest absolute Gasteiger partial charge is 4.00 e. The molecule has 7 nitrogen and oxygen atoms in total. The Hall–Kier alpha value is 1.06. The Morgan fingerprint density at radius 1 is 0.270 bits per heavy atom. The van der Waals surface area contributed by atoms with Gasteiger partial charge in [0.05, 0.1) is 0 Å². The van der Waals surface area contributed by atoms with Crippen LogP contribution < -0.4 is 35.7 Å². The summed E-state index contributed by atoms with van der Waals surface area (Å²) in [7, 11) is 0. The summed E-state index contributed by atoms with van der Waals surface area (Å²) in [4.78, 5) is 0. The SMILES string of the molecule is CCCC[O-].CCCC[O-].CCCC[O-].CCCC[O-].CCCC[O-].CCCC[O-].CCCC[O-].[Ru+3].[Ti+4]. The Morgan fingerprint density at radius 3 is 0.351 bits per heavy atom. The van der Waals surface area contributed by atoms with E-state index in [-0.39, 0.29) is 87.4 Å². The predicted molar refractivity (Wildman–Crippen MR) is 138 cm³/mol. The molecule has 0 amide bonds. The fourth-order valence-corrected chi connectivity index (χ4v) is 1.01. The molecule has 0 heterocycles. The summed E-state index contributed by atoms with van der Waals surface area (Å²) in [5.74, 6) is 0. The van der Waals surface area contributed by atoms with Crippen LogP contribution in [0.4, 0.5) is 0 Å². The van der Waals surface area contributed by atoms with E-state index in [1.54, 1.807) is 0 Å². The summed E-state index contributed by atoms with van der Waals surface area (Å²) < 4.78 is 0. The molecule has 0 N–H and O–H groups in total. The minimum atomic E-state index is 0. The van der Waals surface area contributed by atoms with Crippen molar-refractivity contribution in [2.24, 2.45) is 0 Å². The number of rotatable bonds is 14. The van der Waals surface area contributed by atoms with E-state index in [1.807, 2.05) is 48.5 Å². The molecule has 9 heteroatoms. The average molecular weight is 661 g/mol.